The van der Waals surface area contributed by atoms with Crippen LogP contribution < -0.4 is 0 Å². The average Bonchev–Trinajstić information content (AvgIpc) is 2.69. The van der Waals surface area contributed by atoms with Gasteiger partial charge in [-0.25, -0.2) is 0 Å². The van der Waals surface area contributed by atoms with Gasteiger partial charge in [-0.1, -0.05) is 13.8 Å². The molecule has 0 amide bonds. The zero-order chi connectivity index (χ0) is 11.8. The Morgan fingerprint density at radius 2 is 2.00 bits per heavy atom. The molecule has 0 N–H and O–H groups in total. The Morgan fingerprint density at radius 1 is 1.31 bits per heavy atom. The van der Waals surface area contributed by atoms with Gasteiger partial charge in [0.25, 0.3) is 0 Å². The molecular formula is C13H18O3. The second-order valence-corrected chi connectivity index (χ2v) is 6.07. The van der Waals surface area contributed by atoms with Crippen LogP contribution in [0.25, 0.3) is 0 Å². The maximum atomic E-state index is 11.1. The van der Waals surface area contributed by atoms with Gasteiger partial charge in [0.15, 0.2) is 5.78 Å². The summed E-state index contributed by atoms with van der Waals surface area (Å²) in [6.07, 6.45) is 5.01. The normalized spacial score (nSPS) is 52.0. The molecule has 2 bridgehead atoms. The molecule has 0 radical (unpaired) electrons. The van der Waals surface area contributed by atoms with Crippen LogP contribution in [0.2, 0.25) is 0 Å². The molecule has 3 aliphatic rings. The van der Waals surface area contributed by atoms with Crippen molar-refractivity contribution in [3.8, 4) is 0 Å². The summed E-state index contributed by atoms with van der Waals surface area (Å²) < 4.78 is 11.9. The van der Waals surface area contributed by atoms with Crippen LogP contribution in [-0.2, 0) is 14.3 Å². The van der Waals surface area contributed by atoms with E-state index in [4.69, 9.17) is 9.47 Å². The van der Waals surface area contributed by atoms with Crippen molar-refractivity contribution >= 4 is 5.78 Å². The summed E-state index contributed by atoms with van der Waals surface area (Å²) >= 11 is 0. The van der Waals surface area contributed by atoms with Crippen LogP contribution in [0.3, 0.4) is 0 Å². The number of hydrogen-bond acceptors (Lipinski definition) is 3. The Hall–Kier alpha value is -0.670. The number of fused-ring (bicyclic) bond motifs is 5. The van der Waals surface area contributed by atoms with Crippen molar-refractivity contribution in [1.29, 1.82) is 0 Å². The summed E-state index contributed by atoms with van der Waals surface area (Å²) in [5.41, 5.74) is -0.599. The zero-order valence-corrected chi connectivity index (χ0v) is 10.2. The van der Waals surface area contributed by atoms with Gasteiger partial charge in [-0.2, -0.15) is 0 Å². The van der Waals surface area contributed by atoms with Gasteiger partial charge in [-0.3, -0.25) is 4.79 Å². The first-order valence-corrected chi connectivity index (χ1v) is 5.88. The molecule has 0 unspecified atom stereocenters. The lowest BCUT2D eigenvalue weighted by Gasteiger charge is -2.40. The Morgan fingerprint density at radius 3 is 2.56 bits per heavy atom. The standard InChI is InChI=1S/C13H18O3/c1-8(14)5-6-13-11(2,3)7-9(15-13)10-12(13,4)16-10/h5-6,9-10H,7H2,1-4H3/b6-5+/t9-,10+,12+,13+/m0/s1. The van der Waals surface area contributed by atoms with Crippen LogP contribution in [0.1, 0.15) is 34.1 Å². The van der Waals surface area contributed by atoms with Gasteiger partial charge in [-0.05, 0) is 32.4 Å². The molecule has 88 valence electrons. The van der Waals surface area contributed by atoms with Gasteiger partial charge < -0.3 is 9.47 Å². The second kappa shape index (κ2) is 2.59. The van der Waals surface area contributed by atoms with Crippen molar-refractivity contribution in [2.24, 2.45) is 5.41 Å². The van der Waals surface area contributed by atoms with Gasteiger partial charge in [0.1, 0.15) is 17.3 Å². The first-order chi connectivity index (χ1) is 7.32. The van der Waals surface area contributed by atoms with E-state index < -0.39 is 5.60 Å². The van der Waals surface area contributed by atoms with Gasteiger partial charge in [0, 0.05) is 5.41 Å². The Balaban J connectivity index is 2.04. The monoisotopic (exact) mass is 222 g/mol. The fourth-order valence-electron chi connectivity index (χ4n) is 3.68. The van der Waals surface area contributed by atoms with Crippen LogP contribution in [0, 0.1) is 5.41 Å². The van der Waals surface area contributed by atoms with Crippen molar-refractivity contribution in [3.63, 3.8) is 0 Å². The minimum atomic E-state index is -0.416. The van der Waals surface area contributed by atoms with Crippen molar-refractivity contribution in [1.82, 2.24) is 0 Å². The largest absolute Gasteiger partial charge is 0.361 e. The summed E-state index contributed by atoms with van der Waals surface area (Å²) in [6.45, 7) is 8.05. The summed E-state index contributed by atoms with van der Waals surface area (Å²) in [5, 5.41) is 0. The molecular weight excluding hydrogens is 204 g/mol. The Labute approximate surface area is 95.8 Å². The smallest absolute Gasteiger partial charge is 0.152 e. The van der Waals surface area contributed by atoms with E-state index in [1.165, 1.54) is 0 Å². The fourth-order valence-corrected chi connectivity index (χ4v) is 3.68. The molecule has 3 fully saturated rings. The van der Waals surface area contributed by atoms with Gasteiger partial charge in [0.2, 0.25) is 0 Å². The summed E-state index contributed by atoms with van der Waals surface area (Å²) in [5.74, 6) is 0.0601. The van der Waals surface area contributed by atoms with E-state index in [1.807, 2.05) is 6.08 Å². The fraction of sp³-hybridized carbons (Fsp3) is 0.769. The van der Waals surface area contributed by atoms with E-state index in [0.29, 0.717) is 0 Å². The number of carbonyl (C=O) groups is 1. The molecule has 0 aromatic rings. The van der Waals surface area contributed by atoms with E-state index in [-0.39, 0.29) is 29.0 Å². The van der Waals surface area contributed by atoms with Crippen LogP contribution in [0.5, 0.6) is 0 Å². The lowest BCUT2D eigenvalue weighted by Crippen LogP contribution is -2.51. The van der Waals surface area contributed by atoms with Crippen LogP contribution >= 0.6 is 0 Å². The molecule has 0 saturated carbocycles. The minimum absolute atomic E-state index is 0.0331. The first kappa shape index (κ1) is 10.5. The van der Waals surface area contributed by atoms with E-state index in [9.17, 15) is 4.79 Å². The third-order valence-corrected chi connectivity index (χ3v) is 4.54. The number of carbonyl (C=O) groups excluding carboxylic acids is 1. The van der Waals surface area contributed by atoms with Crippen molar-refractivity contribution in [2.75, 3.05) is 0 Å². The van der Waals surface area contributed by atoms with Gasteiger partial charge >= 0.3 is 0 Å². The molecule has 0 aliphatic carbocycles. The third-order valence-electron chi connectivity index (χ3n) is 4.54. The molecule has 16 heavy (non-hydrogen) atoms. The molecule has 3 aliphatic heterocycles. The molecule has 3 heterocycles. The van der Waals surface area contributed by atoms with E-state index >= 15 is 0 Å². The molecule has 0 aromatic carbocycles. The van der Waals surface area contributed by atoms with Crippen LogP contribution in [0.4, 0.5) is 0 Å². The maximum absolute atomic E-state index is 11.1. The van der Waals surface area contributed by atoms with Crippen LogP contribution in [-0.4, -0.2) is 29.2 Å². The Bertz CT molecular complexity index is 391. The quantitative estimate of drug-likeness (QED) is 0.528. The Kier molecular flexibility index (Phi) is 1.70. The molecule has 3 saturated heterocycles. The molecule has 3 nitrogen and oxygen atoms in total. The highest BCUT2D eigenvalue weighted by Crippen LogP contribution is 2.69. The number of epoxide rings is 1. The maximum Gasteiger partial charge on any atom is 0.152 e. The zero-order valence-electron chi connectivity index (χ0n) is 10.2. The predicted molar refractivity (Wildman–Crippen MR) is 59.1 cm³/mol. The highest BCUT2D eigenvalue weighted by molar-refractivity contribution is 5.87. The summed E-state index contributed by atoms with van der Waals surface area (Å²) in [6, 6.07) is 0. The third kappa shape index (κ3) is 0.944. The summed E-state index contributed by atoms with van der Waals surface area (Å²) in [4.78, 5) is 11.1. The average molecular weight is 222 g/mol. The van der Waals surface area contributed by atoms with Crippen molar-refractivity contribution in [2.45, 2.75) is 57.5 Å². The highest BCUT2D eigenvalue weighted by atomic mass is 16.7. The van der Waals surface area contributed by atoms with Crippen molar-refractivity contribution in [3.05, 3.63) is 12.2 Å². The summed E-state index contributed by atoms with van der Waals surface area (Å²) in [7, 11) is 0. The van der Waals surface area contributed by atoms with Crippen LogP contribution in [0.15, 0.2) is 12.2 Å². The first-order valence-electron chi connectivity index (χ1n) is 5.88. The minimum Gasteiger partial charge on any atom is -0.361 e. The van der Waals surface area contributed by atoms with E-state index in [1.54, 1.807) is 13.0 Å². The molecule has 0 spiro atoms. The molecule has 4 atom stereocenters. The van der Waals surface area contributed by atoms with Crippen molar-refractivity contribution < 1.29 is 14.3 Å². The topological polar surface area (TPSA) is 38.8 Å². The predicted octanol–water partition coefficient (Wildman–Crippen LogP) is 1.86. The SMILES string of the molecule is CC(=O)/C=C/[C@@]12O[C@@H](CC1(C)C)[C@H]1O[C@]12C. The van der Waals surface area contributed by atoms with Gasteiger partial charge in [-0.15, -0.1) is 0 Å². The highest BCUT2D eigenvalue weighted by Gasteiger charge is 2.82. The number of hydrogen-bond donors (Lipinski definition) is 0. The number of allylic oxidation sites excluding steroid dienone is 1. The number of ketones is 1. The van der Waals surface area contributed by atoms with E-state index in [0.717, 1.165) is 6.42 Å². The molecule has 3 rings (SSSR count). The molecule has 0 aromatic heterocycles. The number of rotatable bonds is 2. The lowest BCUT2D eigenvalue weighted by molar-refractivity contribution is -0.113. The van der Waals surface area contributed by atoms with Gasteiger partial charge in [0.05, 0.1) is 6.10 Å². The lowest BCUT2D eigenvalue weighted by atomic mass is 9.63. The second-order valence-electron chi connectivity index (χ2n) is 6.07. The molecule has 3 heteroatoms. The number of ether oxygens (including phenoxy) is 2. The van der Waals surface area contributed by atoms with E-state index in [2.05, 4.69) is 20.8 Å².